The first-order valence-electron chi connectivity index (χ1n) is 9.88. The van der Waals surface area contributed by atoms with Gasteiger partial charge in [0.1, 0.15) is 5.78 Å². The second kappa shape index (κ2) is 24.1. The van der Waals surface area contributed by atoms with Crippen LogP contribution in [0.4, 0.5) is 0 Å². The molecule has 0 fully saturated rings. The zero-order valence-electron chi connectivity index (χ0n) is 17.6. The number of ketones is 1. The Hall–Kier alpha value is -1.18. The fraction of sp³-hybridized carbons (Fsp3) is 0.727. The van der Waals surface area contributed by atoms with Gasteiger partial charge in [0.25, 0.3) is 0 Å². The fourth-order valence-corrected chi connectivity index (χ4v) is 1.66. The van der Waals surface area contributed by atoms with Crippen molar-refractivity contribution in [1.29, 1.82) is 0 Å². The zero-order valence-corrected chi connectivity index (χ0v) is 17.6. The van der Waals surface area contributed by atoms with E-state index in [1.165, 1.54) is 44.1 Å². The molecular formula is C22H43NO. The molecule has 0 radical (unpaired) electrons. The molecule has 0 aliphatic rings. The normalized spacial score (nSPS) is 10.5. The number of carbonyl (C=O) groups is 1. The topological polar surface area (TPSA) is 29.4 Å². The largest absolute Gasteiger partial charge is 0.300 e. The quantitative estimate of drug-likeness (QED) is 0.280. The number of Topliss-reactive ketones (excluding diaryl/α,β-unsaturated/α-hetero) is 1. The molecule has 2 nitrogen and oxygen atoms in total. The number of allylic oxidation sites excluding steroid dienone is 3. The van der Waals surface area contributed by atoms with Gasteiger partial charge in [0, 0.05) is 18.3 Å². The van der Waals surface area contributed by atoms with Crippen LogP contribution < -0.4 is 0 Å². The summed E-state index contributed by atoms with van der Waals surface area (Å²) in [5.74, 6) is 0.255. The molecule has 0 saturated carbocycles. The maximum absolute atomic E-state index is 9.81. The number of aliphatic imine (C=N–C) groups is 1. The third-order valence-corrected chi connectivity index (χ3v) is 3.42. The molecule has 0 aromatic rings. The highest BCUT2D eigenvalue weighted by atomic mass is 16.1. The van der Waals surface area contributed by atoms with Gasteiger partial charge in [-0.05, 0) is 45.1 Å². The summed E-state index contributed by atoms with van der Waals surface area (Å²) >= 11 is 0. The first-order chi connectivity index (χ1) is 11.5. The van der Waals surface area contributed by atoms with Crippen molar-refractivity contribution in [2.45, 2.75) is 106 Å². The van der Waals surface area contributed by atoms with Crippen molar-refractivity contribution in [3.05, 3.63) is 23.9 Å². The lowest BCUT2D eigenvalue weighted by atomic mass is 10.1. The first kappa shape index (κ1) is 27.7. The van der Waals surface area contributed by atoms with Gasteiger partial charge in [0.05, 0.1) is 0 Å². The maximum Gasteiger partial charge on any atom is 0.129 e. The standard InChI is InChI=1S/C16H29N.C4H8O.C2H6/c1-5-8-10-11-12-15(4)17-14-16(7-3)13-9-6-2;1-3-4(2)5;1-2/h7,14H,4-6,8-13H2,1-3H3;3H2,1-2H3;1-2H3/b16-7-,17-14?;;. The van der Waals surface area contributed by atoms with E-state index < -0.39 is 0 Å². The molecule has 0 atom stereocenters. The molecule has 0 aromatic heterocycles. The summed E-state index contributed by atoms with van der Waals surface area (Å²) in [6.45, 7) is 18.0. The summed E-state index contributed by atoms with van der Waals surface area (Å²) in [5, 5.41) is 0. The highest BCUT2D eigenvalue weighted by molar-refractivity contribution is 5.79. The predicted molar refractivity (Wildman–Crippen MR) is 112 cm³/mol. The maximum atomic E-state index is 9.81. The molecule has 0 N–H and O–H groups in total. The molecule has 0 rings (SSSR count). The molecule has 0 heterocycles. The molecule has 0 saturated heterocycles. The average Bonchev–Trinajstić information content (AvgIpc) is 2.61. The monoisotopic (exact) mass is 337 g/mol. The van der Waals surface area contributed by atoms with Crippen molar-refractivity contribution < 1.29 is 4.79 Å². The molecule has 0 bridgehead atoms. The summed E-state index contributed by atoms with van der Waals surface area (Å²) in [5.41, 5.74) is 2.36. The van der Waals surface area contributed by atoms with Crippen LogP contribution in [-0.2, 0) is 4.79 Å². The summed E-state index contributed by atoms with van der Waals surface area (Å²) in [4.78, 5) is 14.3. The minimum atomic E-state index is 0.255. The molecule has 24 heavy (non-hydrogen) atoms. The van der Waals surface area contributed by atoms with E-state index in [4.69, 9.17) is 0 Å². The van der Waals surface area contributed by atoms with E-state index in [0.29, 0.717) is 6.42 Å². The van der Waals surface area contributed by atoms with Crippen LogP contribution in [0.5, 0.6) is 0 Å². The Morgan fingerprint density at radius 2 is 1.50 bits per heavy atom. The number of hydrogen-bond donors (Lipinski definition) is 0. The molecule has 0 aliphatic heterocycles. The van der Waals surface area contributed by atoms with Gasteiger partial charge < -0.3 is 4.79 Å². The Kier molecular flexibility index (Phi) is 27.7. The third-order valence-electron chi connectivity index (χ3n) is 3.42. The second-order valence-electron chi connectivity index (χ2n) is 5.66. The van der Waals surface area contributed by atoms with Crippen molar-refractivity contribution in [3.8, 4) is 0 Å². The average molecular weight is 338 g/mol. The van der Waals surface area contributed by atoms with Gasteiger partial charge in [-0.3, -0.25) is 4.99 Å². The van der Waals surface area contributed by atoms with Crippen molar-refractivity contribution in [1.82, 2.24) is 0 Å². The van der Waals surface area contributed by atoms with E-state index in [1.54, 1.807) is 6.92 Å². The lowest BCUT2D eigenvalue weighted by Crippen LogP contribution is -1.87. The zero-order chi connectivity index (χ0) is 19.2. The molecule has 142 valence electrons. The van der Waals surface area contributed by atoms with Gasteiger partial charge in [-0.2, -0.15) is 0 Å². The number of unbranched alkanes of at least 4 members (excludes halogenated alkanes) is 4. The highest BCUT2D eigenvalue weighted by Gasteiger charge is 1.94. The van der Waals surface area contributed by atoms with E-state index in [-0.39, 0.29) is 5.78 Å². The fourth-order valence-electron chi connectivity index (χ4n) is 1.66. The summed E-state index contributed by atoms with van der Waals surface area (Å²) in [6, 6.07) is 0. The Morgan fingerprint density at radius 1 is 0.958 bits per heavy atom. The molecule has 0 spiro atoms. The van der Waals surface area contributed by atoms with Crippen LogP contribution in [-0.4, -0.2) is 12.0 Å². The second-order valence-corrected chi connectivity index (χ2v) is 5.66. The van der Waals surface area contributed by atoms with E-state index in [2.05, 4.69) is 38.4 Å². The summed E-state index contributed by atoms with van der Waals surface area (Å²) in [7, 11) is 0. The van der Waals surface area contributed by atoms with E-state index in [1.807, 2.05) is 27.0 Å². The lowest BCUT2D eigenvalue weighted by Gasteiger charge is -2.01. The Bertz CT molecular complexity index is 340. The number of nitrogens with zero attached hydrogens (tertiary/aromatic N) is 1. The van der Waals surface area contributed by atoms with Gasteiger partial charge in [0.15, 0.2) is 0 Å². The SMILES string of the molecule is C=C(CCCCCC)N=C/C(=C\C)CCCC.CC.CCC(C)=O. The molecule has 0 amide bonds. The van der Waals surface area contributed by atoms with Gasteiger partial charge in [-0.15, -0.1) is 0 Å². The van der Waals surface area contributed by atoms with Gasteiger partial charge in [0.2, 0.25) is 0 Å². The molecule has 2 heteroatoms. The van der Waals surface area contributed by atoms with Crippen LogP contribution >= 0.6 is 0 Å². The Labute approximate surface area is 152 Å². The van der Waals surface area contributed by atoms with E-state index in [9.17, 15) is 4.79 Å². The van der Waals surface area contributed by atoms with Crippen LogP contribution in [0.1, 0.15) is 106 Å². The summed E-state index contributed by atoms with van der Waals surface area (Å²) < 4.78 is 0. The van der Waals surface area contributed by atoms with Gasteiger partial charge >= 0.3 is 0 Å². The number of carbonyl (C=O) groups excluding carboxylic acids is 1. The van der Waals surface area contributed by atoms with Crippen molar-refractivity contribution >= 4 is 12.0 Å². The molecule has 0 aromatic carbocycles. The number of hydrogen-bond acceptors (Lipinski definition) is 2. The molecular weight excluding hydrogens is 294 g/mol. The summed E-state index contributed by atoms with van der Waals surface area (Å²) in [6.07, 6.45) is 14.6. The highest BCUT2D eigenvalue weighted by Crippen LogP contribution is 2.11. The van der Waals surface area contributed by atoms with Crippen molar-refractivity contribution in [2.75, 3.05) is 0 Å². The van der Waals surface area contributed by atoms with Gasteiger partial charge in [-0.25, -0.2) is 0 Å². The minimum Gasteiger partial charge on any atom is -0.300 e. The molecule has 0 unspecified atom stereocenters. The van der Waals surface area contributed by atoms with Crippen LogP contribution in [0.25, 0.3) is 0 Å². The van der Waals surface area contributed by atoms with Crippen molar-refractivity contribution in [2.24, 2.45) is 4.99 Å². The van der Waals surface area contributed by atoms with Gasteiger partial charge in [-0.1, -0.05) is 73.0 Å². The Balaban J connectivity index is -0.000000534. The van der Waals surface area contributed by atoms with E-state index in [0.717, 1.165) is 18.5 Å². The van der Waals surface area contributed by atoms with Crippen LogP contribution in [0.3, 0.4) is 0 Å². The van der Waals surface area contributed by atoms with Crippen LogP contribution in [0, 0.1) is 0 Å². The smallest absolute Gasteiger partial charge is 0.129 e. The Morgan fingerprint density at radius 3 is 1.92 bits per heavy atom. The molecule has 0 aliphatic carbocycles. The van der Waals surface area contributed by atoms with Crippen LogP contribution in [0.2, 0.25) is 0 Å². The van der Waals surface area contributed by atoms with E-state index >= 15 is 0 Å². The van der Waals surface area contributed by atoms with Crippen molar-refractivity contribution in [3.63, 3.8) is 0 Å². The lowest BCUT2D eigenvalue weighted by molar-refractivity contribution is -0.116. The predicted octanol–water partition coefficient (Wildman–Crippen LogP) is 7.69. The minimum absolute atomic E-state index is 0.255. The third kappa shape index (κ3) is 25.8. The first-order valence-corrected chi connectivity index (χ1v) is 9.88. The number of rotatable bonds is 11. The van der Waals surface area contributed by atoms with Crippen LogP contribution in [0.15, 0.2) is 28.9 Å².